The predicted octanol–water partition coefficient (Wildman–Crippen LogP) is 4.80. The number of ether oxygens (including phenoxy) is 1. The van der Waals surface area contributed by atoms with Crippen molar-refractivity contribution >= 4 is 46.6 Å². The second-order valence-corrected chi connectivity index (χ2v) is 13.1. The molecular weight excluding hydrogens is 563 g/mol. The van der Waals surface area contributed by atoms with E-state index in [1.165, 1.54) is 12.8 Å². The van der Waals surface area contributed by atoms with Gasteiger partial charge in [0.1, 0.15) is 11.6 Å². The van der Waals surface area contributed by atoms with Gasteiger partial charge in [0.05, 0.1) is 28.0 Å². The number of likely N-dealkylation sites (tertiary alicyclic amines) is 2. The van der Waals surface area contributed by atoms with Gasteiger partial charge in [0, 0.05) is 30.9 Å². The number of benzene rings is 1. The van der Waals surface area contributed by atoms with Gasteiger partial charge in [0.2, 0.25) is 17.7 Å². The highest BCUT2D eigenvalue weighted by atomic mass is 35.5. The van der Waals surface area contributed by atoms with Crippen LogP contribution in [0.1, 0.15) is 64.7 Å². The Kier molecular flexibility index (Phi) is 8.38. The predicted molar refractivity (Wildman–Crippen MR) is 159 cm³/mol. The first-order valence-corrected chi connectivity index (χ1v) is 16.1. The minimum Gasteiger partial charge on any atom is -0.359 e. The Labute approximate surface area is 252 Å². The Morgan fingerprint density at radius 1 is 1.02 bits per heavy atom. The number of fused-ring (bicyclic) bond motifs is 1. The highest BCUT2D eigenvalue weighted by Gasteiger charge is 2.72. The molecule has 2 N–H and O–H groups in total. The molecule has 4 aliphatic heterocycles. The van der Waals surface area contributed by atoms with Gasteiger partial charge >= 0.3 is 0 Å². The van der Waals surface area contributed by atoms with Crippen LogP contribution in [-0.2, 0) is 19.1 Å². The molecule has 2 bridgehead atoms. The van der Waals surface area contributed by atoms with E-state index in [9.17, 15) is 14.4 Å². The van der Waals surface area contributed by atoms with Crippen molar-refractivity contribution in [2.24, 2.45) is 11.8 Å². The second-order valence-electron chi connectivity index (χ2n) is 12.3. The minimum atomic E-state index is -1.16. The van der Waals surface area contributed by atoms with E-state index >= 15 is 0 Å². The number of hydrogen-bond acceptors (Lipinski definition) is 5. The van der Waals surface area contributed by atoms with Gasteiger partial charge in [-0.1, -0.05) is 68.0 Å². The largest absolute Gasteiger partial charge is 0.359 e. The fraction of sp³-hybridized carbons (Fsp3) is 0.645. The number of piperidine rings is 1. The average Bonchev–Trinajstić information content (AvgIpc) is 3.61. The number of amides is 3. The molecule has 8 nitrogen and oxygen atoms in total. The van der Waals surface area contributed by atoms with Crippen molar-refractivity contribution in [3.05, 3.63) is 40.4 Å². The Bertz CT molecular complexity index is 1220. The number of halogens is 2. The van der Waals surface area contributed by atoms with Gasteiger partial charge in [-0.05, 0) is 56.8 Å². The summed E-state index contributed by atoms with van der Waals surface area (Å²) in [5.74, 6) is -2.20. The van der Waals surface area contributed by atoms with E-state index in [-0.39, 0.29) is 23.8 Å². The SMILES string of the molecule is CC[C@@H]1CCCCN1CCN1C(=O)[C@@H]2[C@@H](C(=O)Nc3ccc(Cl)c(Cl)c3)[C@@H]3C=C[C@@]2(O3)[C@@H]1C(=O)NC1CCCCC1. The normalized spacial score (nSPS) is 33.3. The van der Waals surface area contributed by atoms with E-state index in [1.54, 1.807) is 23.1 Å². The van der Waals surface area contributed by atoms with Crippen molar-refractivity contribution in [2.75, 3.05) is 25.0 Å². The first-order chi connectivity index (χ1) is 19.8. The van der Waals surface area contributed by atoms with Gasteiger partial charge in [0.15, 0.2) is 0 Å². The van der Waals surface area contributed by atoms with Gasteiger partial charge in [0.25, 0.3) is 0 Å². The molecule has 4 heterocycles. The van der Waals surface area contributed by atoms with E-state index in [0.29, 0.717) is 34.9 Å². The van der Waals surface area contributed by atoms with Gasteiger partial charge in [-0.25, -0.2) is 0 Å². The fourth-order valence-electron chi connectivity index (χ4n) is 7.89. The summed E-state index contributed by atoms with van der Waals surface area (Å²) in [6.07, 6.45) is 13.0. The second kappa shape index (κ2) is 11.9. The lowest BCUT2D eigenvalue weighted by Crippen LogP contribution is -2.57. The van der Waals surface area contributed by atoms with Crippen LogP contribution in [0, 0.1) is 11.8 Å². The lowest BCUT2D eigenvalue weighted by Gasteiger charge is -2.38. The number of nitrogens with zero attached hydrogens (tertiary/aromatic N) is 2. The lowest BCUT2D eigenvalue weighted by molar-refractivity contribution is -0.141. The smallest absolute Gasteiger partial charge is 0.246 e. The van der Waals surface area contributed by atoms with Crippen LogP contribution in [0.15, 0.2) is 30.4 Å². The van der Waals surface area contributed by atoms with Gasteiger partial charge < -0.3 is 20.3 Å². The molecule has 4 fully saturated rings. The molecule has 1 spiro atoms. The van der Waals surface area contributed by atoms with Crippen molar-refractivity contribution in [3.63, 3.8) is 0 Å². The van der Waals surface area contributed by atoms with Gasteiger partial charge in [-0.3, -0.25) is 19.3 Å². The molecule has 41 heavy (non-hydrogen) atoms. The van der Waals surface area contributed by atoms with Crippen LogP contribution in [0.3, 0.4) is 0 Å². The number of hydrogen-bond donors (Lipinski definition) is 2. The summed E-state index contributed by atoms with van der Waals surface area (Å²) in [5, 5.41) is 6.90. The van der Waals surface area contributed by atoms with E-state index in [4.69, 9.17) is 27.9 Å². The monoisotopic (exact) mass is 602 g/mol. The zero-order chi connectivity index (χ0) is 28.7. The van der Waals surface area contributed by atoms with Crippen LogP contribution in [0.4, 0.5) is 5.69 Å². The molecular formula is C31H40Cl2N4O4. The molecule has 0 radical (unpaired) electrons. The summed E-state index contributed by atoms with van der Waals surface area (Å²) in [4.78, 5) is 46.2. The highest BCUT2D eigenvalue weighted by Crippen LogP contribution is 2.55. The van der Waals surface area contributed by atoms with Crippen molar-refractivity contribution in [3.8, 4) is 0 Å². The van der Waals surface area contributed by atoms with Gasteiger partial charge in [-0.2, -0.15) is 0 Å². The summed E-state index contributed by atoms with van der Waals surface area (Å²) < 4.78 is 6.50. The lowest BCUT2D eigenvalue weighted by atomic mass is 9.74. The third-order valence-electron chi connectivity index (χ3n) is 9.91. The Morgan fingerprint density at radius 3 is 2.56 bits per heavy atom. The van der Waals surface area contributed by atoms with E-state index in [1.807, 2.05) is 12.2 Å². The molecule has 10 heteroatoms. The Morgan fingerprint density at radius 2 is 1.80 bits per heavy atom. The molecule has 1 aromatic carbocycles. The fourth-order valence-corrected chi connectivity index (χ4v) is 8.19. The summed E-state index contributed by atoms with van der Waals surface area (Å²) in [6, 6.07) is 4.68. The van der Waals surface area contributed by atoms with Crippen molar-refractivity contribution in [1.82, 2.24) is 15.1 Å². The molecule has 3 saturated heterocycles. The average molecular weight is 604 g/mol. The summed E-state index contributed by atoms with van der Waals surface area (Å²) in [6.45, 7) is 4.34. The van der Waals surface area contributed by atoms with Crippen molar-refractivity contribution < 1.29 is 19.1 Å². The summed E-state index contributed by atoms with van der Waals surface area (Å²) in [7, 11) is 0. The molecule has 5 aliphatic rings. The summed E-state index contributed by atoms with van der Waals surface area (Å²) in [5.41, 5.74) is -0.665. The Hall–Kier alpha value is -2.13. The zero-order valence-electron chi connectivity index (χ0n) is 23.6. The van der Waals surface area contributed by atoms with Crippen LogP contribution in [0.2, 0.25) is 10.0 Å². The number of carbonyl (C=O) groups excluding carboxylic acids is 3. The standard InChI is InChI=1S/C31H40Cl2N4O4/c1-2-21-10-6-7-15-36(21)16-17-37-27(29(39)34-19-8-4-3-5-9-19)31-14-13-24(41-31)25(26(31)30(37)40)28(38)35-20-11-12-22(32)23(33)18-20/h11-14,18-19,21,24-27H,2-10,15-17H2,1H3,(H,34,39)(H,35,38)/t21-,24+,25+,26+,27+,31+/m1/s1. The van der Waals surface area contributed by atoms with Crippen molar-refractivity contribution in [2.45, 2.75) is 94.5 Å². The van der Waals surface area contributed by atoms with E-state index in [0.717, 1.165) is 51.5 Å². The van der Waals surface area contributed by atoms with Crippen LogP contribution in [0.5, 0.6) is 0 Å². The molecule has 1 saturated carbocycles. The third kappa shape index (κ3) is 5.30. The maximum absolute atomic E-state index is 14.3. The van der Waals surface area contributed by atoms with Crippen LogP contribution in [0.25, 0.3) is 0 Å². The number of carbonyl (C=O) groups is 3. The molecule has 222 valence electrons. The molecule has 6 atom stereocenters. The summed E-state index contributed by atoms with van der Waals surface area (Å²) >= 11 is 12.2. The molecule has 1 aliphatic carbocycles. The maximum atomic E-state index is 14.3. The molecule has 3 amide bonds. The van der Waals surface area contributed by atoms with Gasteiger partial charge in [-0.15, -0.1) is 0 Å². The molecule has 6 rings (SSSR count). The quantitative estimate of drug-likeness (QED) is 0.417. The number of rotatable bonds is 8. The third-order valence-corrected chi connectivity index (χ3v) is 10.7. The number of nitrogens with one attached hydrogen (secondary N) is 2. The molecule has 0 aromatic heterocycles. The molecule has 1 aromatic rings. The van der Waals surface area contributed by atoms with E-state index < -0.39 is 29.6 Å². The van der Waals surface area contributed by atoms with Crippen LogP contribution < -0.4 is 10.6 Å². The Balaban J connectivity index is 1.27. The van der Waals surface area contributed by atoms with E-state index in [2.05, 4.69) is 22.5 Å². The van der Waals surface area contributed by atoms with Crippen LogP contribution in [-0.4, -0.2) is 77.0 Å². The van der Waals surface area contributed by atoms with Crippen LogP contribution >= 0.6 is 23.2 Å². The number of anilines is 1. The topological polar surface area (TPSA) is 91.0 Å². The first kappa shape index (κ1) is 29.0. The maximum Gasteiger partial charge on any atom is 0.246 e. The molecule has 0 unspecified atom stereocenters. The first-order valence-electron chi connectivity index (χ1n) is 15.3. The van der Waals surface area contributed by atoms with Crippen molar-refractivity contribution in [1.29, 1.82) is 0 Å². The zero-order valence-corrected chi connectivity index (χ0v) is 25.1. The highest BCUT2D eigenvalue weighted by molar-refractivity contribution is 6.42. The minimum absolute atomic E-state index is 0.103.